The molecule has 5 aromatic rings. The highest BCUT2D eigenvalue weighted by atomic mass is 16.5. The Morgan fingerprint density at radius 1 is 0.609 bits per heavy atom. The van der Waals surface area contributed by atoms with Crippen LogP contribution in [0.5, 0.6) is 0 Å². The molecule has 1 N–H and O–H groups in total. The van der Waals surface area contributed by atoms with E-state index in [4.69, 9.17) is 9.47 Å². The first kappa shape index (κ1) is 30.5. The van der Waals surface area contributed by atoms with Gasteiger partial charge in [0.05, 0.1) is 19.3 Å². The summed E-state index contributed by atoms with van der Waals surface area (Å²) in [4.78, 5) is 42.6. The van der Waals surface area contributed by atoms with E-state index in [1.54, 1.807) is 4.90 Å². The fraction of sp³-hybridized carbons (Fsp3) is 0.154. The second-order valence-electron chi connectivity index (χ2n) is 11.1. The van der Waals surface area contributed by atoms with E-state index in [-0.39, 0.29) is 13.2 Å². The number of rotatable bonds is 11. The van der Waals surface area contributed by atoms with E-state index in [9.17, 15) is 14.4 Å². The Kier molecular flexibility index (Phi) is 9.32. The number of hydrogen-bond donors (Lipinski definition) is 1. The average Bonchev–Trinajstić information content (AvgIpc) is 3.11. The zero-order valence-corrected chi connectivity index (χ0v) is 25.2. The monoisotopic (exact) mass is 610 g/mol. The summed E-state index contributed by atoms with van der Waals surface area (Å²) >= 11 is 0. The fourth-order valence-electron chi connectivity index (χ4n) is 6.18. The Labute approximate surface area is 268 Å². The Balaban J connectivity index is 1.36. The van der Waals surface area contributed by atoms with Crippen molar-refractivity contribution in [2.24, 2.45) is 5.92 Å². The van der Waals surface area contributed by atoms with Gasteiger partial charge in [0, 0.05) is 0 Å². The zero-order chi connectivity index (χ0) is 31.8. The van der Waals surface area contributed by atoms with Crippen LogP contribution in [0.15, 0.2) is 152 Å². The maximum absolute atomic E-state index is 14.4. The van der Waals surface area contributed by atoms with E-state index < -0.39 is 35.4 Å². The summed E-state index contributed by atoms with van der Waals surface area (Å²) < 4.78 is 11.5. The molecule has 3 amide bonds. The predicted molar refractivity (Wildman–Crippen MR) is 174 cm³/mol. The largest absolute Gasteiger partial charge is 0.444 e. The Hall–Kier alpha value is -5.53. The molecule has 0 radical (unpaired) electrons. The third-order valence-electron chi connectivity index (χ3n) is 8.28. The molecule has 0 aromatic heterocycles. The van der Waals surface area contributed by atoms with Gasteiger partial charge in [0.25, 0.3) is 0 Å². The second kappa shape index (κ2) is 14.1. The van der Waals surface area contributed by atoms with Crippen LogP contribution in [0.4, 0.5) is 4.79 Å². The number of nitrogens with one attached hydrogen (secondary N) is 1. The summed E-state index contributed by atoms with van der Waals surface area (Å²) in [6.45, 7) is 0.349. The van der Waals surface area contributed by atoms with Gasteiger partial charge < -0.3 is 14.4 Å². The number of alkyl carbamates (subject to hydrolysis) is 1. The standard InChI is InChI=1S/C39H34N2O5/c42-36(40-38(44)46-27-30-18-8-2-9-19-30)35-34(28-45-26-29-16-6-1-7-17-29)41(37(35)43)39(31-20-10-3-11-21-31,32-22-12-4-13-23-32)33-24-14-5-15-25-33/h1-25,34-35H,26-28H2,(H,40,42,44)/t34-,35+/m0/s1. The maximum Gasteiger partial charge on any atom is 0.414 e. The number of nitrogens with zero attached hydrogens (tertiary/aromatic N) is 1. The van der Waals surface area contributed by atoms with Crippen molar-refractivity contribution in [3.8, 4) is 0 Å². The van der Waals surface area contributed by atoms with Crippen molar-refractivity contribution >= 4 is 17.9 Å². The van der Waals surface area contributed by atoms with Gasteiger partial charge in [0.15, 0.2) is 0 Å². The lowest BCUT2D eigenvalue weighted by molar-refractivity contribution is -0.174. The molecule has 0 saturated carbocycles. The van der Waals surface area contributed by atoms with Gasteiger partial charge in [0.1, 0.15) is 18.1 Å². The van der Waals surface area contributed by atoms with Gasteiger partial charge in [0.2, 0.25) is 11.8 Å². The van der Waals surface area contributed by atoms with Crippen LogP contribution in [0.25, 0.3) is 0 Å². The Morgan fingerprint density at radius 2 is 1.02 bits per heavy atom. The molecule has 230 valence electrons. The van der Waals surface area contributed by atoms with Crippen molar-refractivity contribution < 1.29 is 23.9 Å². The molecule has 1 aliphatic rings. The van der Waals surface area contributed by atoms with E-state index in [0.717, 1.165) is 27.8 Å². The molecule has 7 heteroatoms. The summed E-state index contributed by atoms with van der Waals surface area (Å²) in [7, 11) is 0. The number of ether oxygens (including phenoxy) is 2. The Morgan fingerprint density at radius 3 is 1.48 bits per heavy atom. The molecule has 1 aliphatic heterocycles. The second-order valence-corrected chi connectivity index (χ2v) is 11.1. The predicted octanol–water partition coefficient (Wildman–Crippen LogP) is 6.48. The minimum atomic E-state index is -1.17. The van der Waals surface area contributed by atoms with E-state index in [0.29, 0.717) is 6.61 Å². The number of carbonyl (C=O) groups excluding carboxylic acids is 3. The van der Waals surface area contributed by atoms with Crippen LogP contribution in [-0.2, 0) is 37.8 Å². The molecule has 2 atom stereocenters. The first-order valence-corrected chi connectivity index (χ1v) is 15.2. The molecule has 46 heavy (non-hydrogen) atoms. The minimum absolute atomic E-state index is 0.00651. The van der Waals surface area contributed by atoms with Gasteiger partial charge in [-0.1, -0.05) is 152 Å². The van der Waals surface area contributed by atoms with Crippen LogP contribution in [0.2, 0.25) is 0 Å². The van der Waals surface area contributed by atoms with E-state index in [1.807, 2.05) is 152 Å². The number of β-lactam (4-membered cyclic amide) rings is 1. The van der Waals surface area contributed by atoms with Crippen LogP contribution in [0.1, 0.15) is 27.8 Å². The van der Waals surface area contributed by atoms with Crippen molar-refractivity contribution in [3.05, 3.63) is 179 Å². The van der Waals surface area contributed by atoms with Crippen LogP contribution in [-0.4, -0.2) is 35.5 Å². The summed E-state index contributed by atoms with van der Waals surface area (Å²) in [6.07, 6.45) is -0.913. The van der Waals surface area contributed by atoms with Gasteiger partial charge in [-0.05, 0) is 27.8 Å². The third kappa shape index (κ3) is 6.18. The highest BCUT2D eigenvalue weighted by Crippen LogP contribution is 2.49. The van der Waals surface area contributed by atoms with Crippen molar-refractivity contribution in [2.45, 2.75) is 24.8 Å². The topological polar surface area (TPSA) is 84.9 Å². The average molecular weight is 611 g/mol. The molecule has 0 bridgehead atoms. The Bertz CT molecular complexity index is 1650. The van der Waals surface area contributed by atoms with Crippen LogP contribution in [0, 0.1) is 5.92 Å². The van der Waals surface area contributed by atoms with Gasteiger partial charge in [-0.2, -0.15) is 0 Å². The van der Waals surface area contributed by atoms with E-state index in [1.165, 1.54) is 0 Å². The minimum Gasteiger partial charge on any atom is -0.444 e. The number of benzene rings is 5. The SMILES string of the molecule is O=C(NC(=O)[C@@H]1C(=O)N(C(c2ccccc2)(c2ccccc2)c2ccccc2)[C@H]1COCc1ccccc1)OCc1ccccc1. The lowest BCUT2D eigenvalue weighted by Crippen LogP contribution is -2.73. The molecule has 0 unspecified atom stereocenters. The highest BCUT2D eigenvalue weighted by Gasteiger charge is 2.61. The van der Waals surface area contributed by atoms with Crippen molar-refractivity contribution in [3.63, 3.8) is 0 Å². The molecule has 0 aliphatic carbocycles. The zero-order valence-electron chi connectivity index (χ0n) is 25.2. The van der Waals surface area contributed by atoms with Crippen LogP contribution < -0.4 is 5.32 Å². The lowest BCUT2D eigenvalue weighted by atomic mass is 9.70. The number of carbonyl (C=O) groups is 3. The first-order valence-electron chi connectivity index (χ1n) is 15.2. The van der Waals surface area contributed by atoms with E-state index >= 15 is 0 Å². The third-order valence-corrected chi connectivity index (χ3v) is 8.28. The van der Waals surface area contributed by atoms with E-state index in [2.05, 4.69) is 5.32 Å². The molecule has 1 saturated heterocycles. The van der Waals surface area contributed by atoms with Gasteiger partial charge in [-0.3, -0.25) is 14.9 Å². The highest BCUT2D eigenvalue weighted by molar-refractivity contribution is 6.10. The van der Waals surface area contributed by atoms with Crippen molar-refractivity contribution in [1.29, 1.82) is 0 Å². The summed E-state index contributed by atoms with van der Waals surface area (Å²) in [6, 6.07) is 47.5. The van der Waals surface area contributed by atoms with Gasteiger partial charge in [-0.15, -0.1) is 0 Å². The van der Waals surface area contributed by atoms with Gasteiger partial charge in [-0.25, -0.2) is 4.79 Å². The molecule has 6 rings (SSSR count). The quantitative estimate of drug-likeness (QED) is 0.105. The van der Waals surface area contributed by atoms with Crippen molar-refractivity contribution in [1.82, 2.24) is 10.2 Å². The normalized spacial score (nSPS) is 15.9. The van der Waals surface area contributed by atoms with Crippen LogP contribution >= 0.6 is 0 Å². The molecular formula is C39H34N2O5. The van der Waals surface area contributed by atoms with Crippen molar-refractivity contribution in [2.75, 3.05) is 6.61 Å². The number of hydrogen-bond acceptors (Lipinski definition) is 5. The first-order chi connectivity index (χ1) is 22.6. The lowest BCUT2D eigenvalue weighted by Gasteiger charge is -2.57. The smallest absolute Gasteiger partial charge is 0.414 e. The van der Waals surface area contributed by atoms with Crippen LogP contribution in [0.3, 0.4) is 0 Å². The molecular weight excluding hydrogens is 576 g/mol. The molecule has 5 aromatic carbocycles. The molecule has 1 heterocycles. The summed E-state index contributed by atoms with van der Waals surface area (Å²) in [5.41, 5.74) is 3.22. The molecule has 7 nitrogen and oxygen atoms in total. The fourth-order valence-corrected chi connectivity index (χ4v) is 6.18. The molecule has 0 spiro atoms. The number of likely N-dealkylation sites (tertiary alicyclic amines) is 1. The summed E-state index contributed by atoms with van der Waals surface area (Å²) in [5.74, 6) is -2.32. The molecule has 1 fully saturated rings. The number of imide groups is 1. The number of amides is 3. The summed E-state index contributed by atoms with van der Waals surface area (Å²) in [5, 5.41) is 2.31. The van der Waals surface area contributed by atoms with Gasteiger partial charge >= 0.3 is 6.09 Å². The maximum atomic E-state index is 14.4.